The lowest BCUT2D eigenvalue weighted by atomic mass is 9.81. The van der Waals surface area contributed by atoms with Gasteiger partial charge in [-0.25, -0.2) is 0 Å². The van der Waals surface area contributed by atoms with Gasteiger partial charge >= 0.3 is 5.97 Å². The molecule has 0 aromatic heterocycles. The molecule has 3 nitrogen and oxygen atoms in total. The maximum absolute atomic E-state index is 11.2. The second-order valence-corrected chi connectivity index (χ2v) is 5.26. The number of carboxylic acid groups (broad SMARTS) is 1. The molecule has 1 aliphatic heterocycles. The van der Waals surface area contributed by atoms with Gasteiger partial charge in [-0.15, -0.1) is 0 Å². The highest BCUT2D eigenvalue weighted by Crippen LogP contribution is 2.30. The molecule has 0 amide bonds. The molecule has 1 unspecified atom stereocenters. The van der Waals surface area contributed by atoms with Gasteiger partial charge in [0.2, 0.25) is 0 Å². The predicted octanol–water partition coefficient (Wildman–Crippen LogP) is 3.06. The Bertz CT molecular complexity index is 453. The number of rotatable bonds is 5. The van der Waals surface area contributed by atoms with Crippen LogP contribution in [-0.2, 0) is 17.6 Å². The summed E-state index contributed by atoms with van der Waals surface area (Å²) in [6.45, 7) is 4.52. The molecule has 0 spiro atoms. The summed E-state index contributed by atoms with van der Waals surface area (Å²) in [5.74, 6) is 0.282. The Balaban J connectivity index is 2.04. The van der Waals surface area contributed by atoms with Crippen molar-refractivity contribution in [3.63, 3.8) is 0 Å². The molecule has 0 radical (unpaired) electrons. The molecule has 3 heteroatoms. The van der Waals surface area contributed by atoms with Crippen LogP contribution in [0.2, 0.25) is 0 Å². The van der Waals surface area contributed by atoms with Crippen LogP contribution in [0.15, 0.2) is 18.2 Å². The van der Waals surface area contributed by atoms with E-state index in [9.17, 15) is 9.90 Å². The number of benzene rings is 1. The van der Waals surface area contributed by atoms with Crippen LogP contribution in [0.25, 0.3) is 0 Å². The number of aryl methyl sites for hydroxylation is 1. The van der Waals surface area contributed by atoms with Crippen LogP contribution in [0.4, 0.5) is 0 Å². The van der Waals surface area contributed by atoms with Gasteiger partial charge in [0.25, 0.3) is 0 Å². The summed E-state index contributed by atoms with van der Waals surface area (Å²) in [6, 6.07) is 6.20. The van der Waals surface area contributed by atoms with Crippen LogP contribution in [-0.4, -0.2) is 17.7 Å². The molecule has 0 bridgehead atoms. The summed E-state index contributed by atoms with van der Waals surface area (Å²) in [4.78, 5) is 11.2. The number of carboxylic acids is 1. The van der Waals surface area contributed by atoms with Crippen LogP contribution >= 0.6 is 0 Å². The fourth-order valence-corrected chi connectivity index (χ4v) is 2.25. The van der Waals surface area contributed by atoms with E-state index >= 15 is 0 Å². The molecule has 0 aliphatic carbocycles. The molecule has 0 saturated heterocycles. The topological polar surface area (TPSA) is 46.5 Å². The van der Waals surface area contributed by atoms with Gasteiger partial charge in [0.1, 0.15) is 5.75 Å². The second kappa shape index (κ2) is 5.01. The number of aliphatic carboxylic acids is 1. The minimum atomic E-state index is -0.700. The first-order valence-corrected chi connectivity index (χ1v) is 6.53. The van der Waals surface area contributed by atoms with E-state index in [1.165, 1.54) is 11.1 Å². The molecule has 2 rings (SSSR count). The van der Waals surface area contributed by atoms with Crippen molar-refractivity contribution < 1.29 is 14.6 Å². The zero-order valence-electron chi connectivity index (χ0n) is 11.0. The van der Waals surface area contributed by atoms with Crippen molar-refractivity contribution in [3.8, 4) is 5.75 Å². The highest BCUT2D eigenvalue weighted by molar-refractivity contribution is 5.74. The Morgan fingerprint density at radius 3 is 2.94 bits per heavy atom. The third kappa shape index (κ3) is 2.50. The molecule has 0 saturated carbocycles. The Labute approximate surface area is 108 Å². The quantitative estimate of drug-likeness (QED) is 0.871. The SMILES string of the molecule is CCC(C)(CCc1ccc2c(c1)CCO2)C(=O)O. The molecule has 1 atom stereocenters. The van der Waals surface area contributed by atoms with E-state index < -0.39 is 11.4 Å². The lowest BCUT2D eigenvalue weighted by Gasteiger charge is -2.22. The summed E-state index contributed by atoms with van der Waals surface area (Å²) in [5, 5.41) is 9.25. The van der Waals surface area contributed by atoms with Crippen molar-refractivity contribution in [2.75, 3.05) is 6.61 Å². The summed E-state index contributed by atoms with van der Waals surface area (Å²) < 4.78 is 5.46. The average Bonchev–Trinajstić information content (AvgIpc) is 2.82. The van der Waals surface area contributed by atoms with Gasteiger partial charge in [-0.05, 0) is 43.4 Å². The van der Waals surface area contributed by atoms with Crippen LogP contribution in [0.5, 0.6) is 5.75 Å². The maximum Gasteiger partial charge on any atom is 0.309 e. The smallest absolute Gasteiger partial charge is 0.309 e. The van der Waals surface area contributed by atoms with E-state index in [2.05, 4.69) is 6.07 Å². The average molecular weight is 248 g/mol. The number of fused-ring (bicyclic) bond motifs is 1. The molecular formula is C15H20O3. The van der Waals surface area contributed by atoms with Gasteiger partial charge < -0.3 is 9.84 Å². The normalized spacial score (nSPS) is 16.8. The highest BCUT2D eigenvalue weighted by Gasteiger charge is 2.30. The van der Waals surface area contributed by atoms with Crippen molar-refractivity contribution in [2.45, 2.75) is 39.5 Å². The molecule has 0 fully saturated rings. The molecule has 98 valence electrons. The van der Waals surface area contributed by atoms with Crippen LogP contribution in [0.1, 0.15) is 37.8 Å². The van der Waals surface area contributed by atoms with Gasteiger partial charge in [-0.3, -0.25) is 4.79 Å². The van der Waals surface area contributed by atoms with E-state index in [4.69, 9.17) is 4.74 Å². The molecular weight excluding hydrogens is 228 g/mol. The first kappa shape index (κ1) is 12.9. The van der Waals surface area contributed by atoms with Crippen LogP contribution < -0.4 is 4.74 Å². The standard InChI is InChI=1S/C15H20O3/c1-3-15(2,14(16)17)8-6-11-4-5-13-12(10-11)7-9-18-13/h4-5,10H,3,6-9H2,1-2H3,(H,16,17). The molecule has 18 heavy (non-hydrogen) atoms. The summed E-state index contributed by atoms with van der Waals surface area (Å²) >= 11 is 0. The number of hydrogen-bond donors (Lipinski definition) is 1. The number of ether oxygens (including phenoxy) is 1. The Kier molecular flexibility index (Phi) is 3.60. The molecule has 1 aromatic rings. The molecule has 1 aliphatic rings. The monoisotopic (exact) mass is 248 g/mol. The van der Waals surface area contributed by atoms with Crippen molar-refractivity contribution in [1.29, 1.82) is 0 Å². The third-order valence-electron chi connectivity index (χ3n) is 4.02. The summed E-state index contributed by atoms with van der Waals surface area (Å²) in [6.07, 6.45) is 3.12. The lowest BCUT2D eigenvalue weighted by molar-refractivity contribution is -0.148. The summed E-state index contributed by atoms with van der Waals surface area (Å²) in [7, 11) is 0. The van der Waals surface area contributed by atoms with E-state index in [1.807, 2.05) is 26.0 Å². The first-order chi connectivity index (χ1) is 8.55. The molecule has 1 heterocycles. The molecule has 1 N–H and O–H groups in total. The van der Waals surface area contributed by atoms with Crippen molar-refractivity contribution in [1.82, 2.24) is 0 Å². The second-order valence-electron chi connectivity index (χ2n) is 5.26. The van der Waals surface area contributed by atoms with E-state index in [0.29, 0.717) is 12.8 Å². The van der Waals surface area contributed by atoms with E-state index in [-0.39, 0.29) is 0 Å². The zero-order chi connectivity index (χ0) is 13.2. The van der Waals surface area contributed by atoms with Gasteiger partial charge in [0.15, 0.2) is 0 Å². The fourth-order valence-electron chi connectivity index (χ4n) is 2.25. The highest BCUT2D eigenvalue weighted by atomic mass is 16.5. The Morgan fingerprint density at radius 1 is 1.50 bits per heavy atom. The minimum absolute atomic E-state index is 0.616. The van der Waals surface area contributed by atoms with Gasteiger partial charge in [-0.1, -0.05) is 19.1 Å². The van der Waals surface area contributed by atoms with Crippen molar-refractivity contribution in [3.05, 3.63) is 29.3 Å². The van der Waals surface area contributed by atoms with E-state index in [0.717, 1.165) is 25.2 Å². The Hall–Kier alpha value is -1.51. The number of hydrogen-bond acceptors (Lipinski definition) is 2. The fraction of sp³-hybridized carbons (Fsp3) is 0.533. The third-order valence-corrected chi connectivity index (χ3v) is 4.02. The Morgan fingerprint density at radius 2 is 2.28 bits per heavy atom. The van der Waals surface area contributed by atoms with Gasteiger partial charge in [0, 0.05) is 6.42 Å². The molecule has 1 aromatic carbocycles. The van der Waals surface area contributed by atoms with E-state index in [1.54, 1.807) is 0 Å². The first-order valence-electron chi connectivity index (χ1n) is 6.53. The largest absolute Gasteiger partial charge is 0.493 e. The van der Waals surface area contributed by atoms with Crippen molar-refractivity contribution >= 4 is 5.97 Å². The lowest BCUT2D eigenvalue weighted by Crippen LogP contribution is -2.27. The number of carbonyl (C=O) groups is 1. The summed E-state index contributed by atoms with van der Waals surface area (Å²) in [5.41, 5.74) is 1.84. The minimum Gasteiger partial charge on any atom is -0.493 e. The van der Waals surface area contributed by atoms with Gasteiger partial charge in [-0.2, -0.15) is 0 Å². The van der Waals surface area contributed by atoms with Crippen molar-refractivity contribution in [2.24, 2.45) is 5.41 Å². The van der Waals surface area contributed by atoms with Crippen LogP contribution in [0.3, 0.4) is 0 Å². The van der Waals surface area contributed by atoms with Gasteiger partial charge in [0.05, 0.1) is 12.0 Å². The predicted molar refractivity (Wildman–Crippen MR) is 70.0 cm³/mol. The maximum atomic E-state index is 11.2. The zero-order valence-corrected chi connectivity index (χ0v) is 11.0. The van der Waals surface area contributed by atoms with Crippen LogP contribution in [0, 0.1) is 5.41 Å².